The molecular formula is C11H15IN3O2Rb. The number of halogens is 1. The number of benzene rings is 1. The zero-order valence-corrected chi connectivity index (χ0v) is 17.5. The minimum absolute atomic E-state index is 0. The maximum Gasteiger partial charge on any atom is 1.00 e. The summed E-state index contributed by atoms with van der Waals surface area (Å²) in [6.07, 6.45) is 0. The maximum absolute atomic E-state index is 11.4. The molecule has 0 saturated carbocycles. The second-order valence-electron chi connectivity index (χ2n) is 3.03. The first kappa shape index (κ1) is 21.0. The van der Waals surface area contributed by atoms with Crippen molar-refractivity contribution in [2.45, 2.75) is 6.04 Å². The summed E-state index contributed by atoms with van der Waals surface area (Å²) >= 11 is 2.15. The third-order valence-electron chi connectivity index (χ3n) is 1.85. The molecular weight excluding hydrogens is 419 g/mol. The number of carbonyl (C=O) groups excluding carboxylic acids is 2. The number of primary amides is 1. The van der Waals surface area contributed by atoms with Crippen LogP contribution < -0.4 is 69.2 Å². The van der Waals surface area contributed by atoms with Gasteiger partial charge < -0.3 is 16.8 Å². The normalized spacial score (nSPS) is 10.2. The average Bonchev–Trinajstić information content (AvgIpc) is 2.38. The van der Waals surface area contributed by atoms with E-state index in [0.29, 0.717) is 5.56 Å². The molecule has 5 nitrogen and oxygen atoms in total. The summed E-state index contributed by atoms with van der Waals surface area (Å²) in [5, 5.41) is 2.45. The van der Waals surface area contributed by atoms with E-state index >= 15 is 0 Å². The number of hydrogen-bond donors (Lipinski definition) is 2. The van der Waals surface area contributed by atoms with Crippen molar-refractivity contribution in [3.63, 3.8) is 0 Å². The van der Waals surface area contributed by atoms with Crippen LogP contribution in [0.3, 0.4) is 0 Å². The molecule has 0 aliphatic carbocycles. The van der Waals surface area contributed by atoms with Crippen LogP contribution in [0.15, 0.2) is 30.3 Å². The fourth-order valence-corrected chi connectivity index (χ4v) is 0.987. The van der Waals surface area contributed by atoms with Gasteiger partial charge in [0.1, 0.15) is 0 Å². The fraction of sp³-hybridized carbons (Fsp3) is 0.273. The van der Waals surface area contributed by atoms with E-state index in [0.717, 1.165) is 0 Å². The molecule has 0 unspecified atom stereocenters. The van der Waals surface area contributed by atoms with Crippen molar-refractivity contribution in [1.82, 2.24) is 5.32 Å². The van der Waals surface area contributed by atoms with Gasteiger partial charge in [-0.1, -0.05) is 40.8 Å². The first-order valence-electron chi connectivity index (χ1n) is 4.82. The van der Waals surface area contributed by atoms with Crippen molar-refractivity contribution in [1.29, 1.82) is 0 Å². The summed E-state index contributed by atoms with van der Waals surface area (Å²) in [4.78, 5) is 23.9. The number of amides is 2. The monoisotopic (exact) mass is 433 g/mol. The van der Waals surface area contributed by atoms with Crippen LogP contribution in [0.25, 0.3) is 5.73 Å². The summed E-state index contributed by atoms with van der Waals surface area (Å²) in [6, 6.07) is 7.48. The molecule has 2 amide bonds. The Morgan fingerprint density at radius 2 is 1.83 bits per heavy atom. The van der Waals surface area contributed by atoms with Gasteiger partial charge in [-0.05, 0) is 23.1 Å². The molecule has 0 spiro atoms. The zero-order valence-electron chi connectivity index (χ0n) is 10.4. The summed E-state index contributed by atoms with van der Waals surface area (Å²) in [5.74, 6) is -1.06. The quantitative estimate of drug-likeness (QED) is 0.441. The van der Waals surface area contributed by atoms with E-state index in [4.69, 9.17) is 11.5 Å². The Hall–Kier alpha value is 0.655. The number of nitrogens with two attached hydrogens (primary N) is 1. The third kappa shape index (κ3) is 8.70. The molecule has 0 fully saturated rings. The third-order valence-corrected chi connectivity index (χ3v) is 1.85. The first-order chi connectivity index (χ1) is 8.11. The number of hydrogen-bond acceptors (Lipinski definition) is 2. The van der Waals surface area contributed by atoms with Crippen LogP contribution >= 0.6 is 22.6 Å². The Morgan fingerprint density at radius 3 is 2.28 bits per heavy atom. The molecule has 0 heterocycles. The van der Waals surface area contributed by atoms with Gasteiger partial charge in [-0.25, -0.2) is 0 Å². The number of rotatable bonds is 4. The van der Waals surface area contributed by atoms with Gasteiger partial charge in [0.2, 0.25) is 5.91 Å². The summed E-state index contributed by atoms with van der Waals surface area (Å²) in [7, 11) is 0. The summed E-state index contributed by atoms with van der Waals surface area (Å²) in [6.45, 7) is -0.0664. The van der Waals surface area contributed by atoms with Gasteiger partial charge in [-0.2, -0.15) is 0 Å². The summed E-state index contributed by atoms with van der Waals surface area (Å²) in [5.41, 5.74) is 12.6. The van der Waals surface area contributed by atoms with Gasteiger partial charge in [-0.15, -0.1) is 0 Å². The van der Waals surface area contributed by atoms with Crippen LogP contribution in [0, 0.1) is 0 Å². The van der Waals surface area contributed by atoms with Crippen LogP contribution in [0.2, 0.25) is 0 Å². The topological polar surface area (TPSA) is 96.0 Å². The molecule has 94 valence electrons. The van der Waals surface area contributed by atoms with E-state index < -0.39 is 11.9 Å². The summed E-state index contributed by atoms with van der Waals surface area (Å²) < 4.78 is 0. The van der Waals surface area contributed by atoms with E-state index in [1.165, 1.54) is 0 Å². The van der Waals surface area contributed by atoms with Crippen LogP contribution in [-0.4, -0.2) is 29.3 Å². The molecule has 0 aliphatic rings. The van der Waals surface area contributed by atoms with Crippen LogP contribution in [0.4, 0.5) is 0 Å². The molecule has 0 bridgehead atoms. The predicted molar refractivity (Wildman–Crippen MR) is 76.0 cm³/mol. The van der Waals surface area contributed by atoms with Crippen LogP contribution in [0.1, 0.15) is 10.4 Å². The standard InChI is InChI=1S/C10H12N3O2.CH3I.Rb/c11-8(9(12)14)6-13-10(15)7-4-2-1-3-5-7;1-2;/h1-5,8,11H,6H2,(H2,12,14)(H,13,15);1H3;/q-1;;+1/t8-;;/m0../s1. The van der Waals surface area contributed by atoms with E-state index in [9.17, 15) is 9.59 Å². The molecule has 0 saturated heterocycles. The minimum Gasteiger partial charge on any atom is -0.665 e. The predicted octanol–water partition coefficient (Wildman–Crippen LogP) is -1.62. The van der Waals surface area contributed by atoms with Gasteiger partial charge in [0.05, 0.1) is 0 Å². The molecule has 1 aromatic rings. The van der Waals surface area contributed by atoms with Crippen molar-refractivity contribution in [3.05, 3.63) is 41.6 Å². The smallest absolute Gasteiger partial charge is 0.665 e. The van der Waals surface area contributed by atoms with E-state index in [1.807, 2.05) is 4.93 Å². The Bertz CT molecular complexity index is 363. The van der Waals surface area contributed by atoms with Crippen LogP contribution in [-0.2, 0) is 4.79 Å². The van der Waals surface area contributed by atoms with Gasteiger partial charge >= 0.3 is 58.2 Å². The van der Waals surface area contributed by atoms with E-state index in [1.54, 1.807) is 30.3 Å². The number of alkyl halides is 1. The van der Waals surface area contributed by atoms with Crippen molar-refractivity contribution in [2.24, 2.45) is 5.73 Å². The van der Waals surface area contributed by atoms with Crippen LogP contribution in [0.5, 0.6) is 0 Å². The molecule has 0 aromatic heterocycles. The van der Waals surface area contributed by atoms with Crippen molar-refractivity contribution < 1.29 is 67.8 Å². The molecule has 0 aliphatic heterocycles. The van der Waals surface area contributed by atoms with Crippen molar-refractivity contribution >= 4 is 34.4 Å². The van der Waals surface area contributed by atoms with Gasteiger partial charge in [0.15, 0.2) is 0 Å². The second-order valence-corrected chi connectivity index (χ2v) is 3.03. The fourth-order valence-electron chi connectivity index (χ4n) is 0.987. The molecule has 4 N–H and O–H groups in total. The van der Waals surface area contributed by atoms with Crippen molar-refractivity contribution in [3.8, 4) is 0 Å². The number of carbonyl (C=O) groups is 2. The Kier molecular flexibility index (Phi) is 14.8. The average molecular weight is 434 g/mol. The number of nitrogens with one attached hydrogen (secondary N) is 2. The first-order valence-corrected chi connectivity index (χ1v) is 6.98. The van der Waals surface area contributed by atoms with Gasteiger partial charge in [0, 0.05) is 12.1 Å². The van der Waals surface area contributed by atoms with Crippen molar-refractivity contribution in [2.75, 3.05) is 11.5 Å². The molecule has 7 heteroatoms. The van der Waals surface area contributed by atoms with Gasteiger partial charge in [-0.3, -0.25) is 9.59 Å². The largest absolute Gasteiger partial charge is 1.00 e. The molecule has 18 heavy (non-hydrogen) atoms. The minimum atomic E-state index is -1.10. The molecule has 1 aromatic carbocycles. The molecule has 1 atom stereocenters. The Morgan fingerprint density at radius 1 is 1.33 bits per heavy atom. The molecule has 1 rings (SSSR count). The SMILES string of the molecule is CI.[NH-][C@@H](CNC(=O)c1ccccc1)C(N)=O.[Rb+]. The van der Waals surface area contributed by atoms with Gasteiger partial charge in [0.25, 0.3) is 5.91 Å². The Balaban J connectivity index is 0. The zero-order chi connectivity index (χ0) is 13.3. The van der Waals surface area contributed by atoms with E-state index in [-0.39, 0.29) is 70.6 Å². The maximum atomic E-state index is 11.4. The Labute approximate surface area is 169 Å². The van der Waals surface area contributed by atoms with E-state index in [2.05, 4.69) is 27.9 Å². The molecule has 0 radical (unpaired) electrons. The second kappa shape index (κ2) is 12.7.